The van der Waals surface area contributed by atoms with Crippen LogP contribution in [0, 0.1) is 11.8 Å². The molecule has 0 aromatic carbocycles. The number of aromatic nitrogens is 2. The minimum absolute atomic E-state index is 0.0612. The van der Waals surface area contributed by atoms with Crippen LogP contribution in [0.4, 0.5) is 5.69 Å². The lowest BCUT2D eigenvalue weighted by atomic mass is 10.1. The normalized spacial score (nSPS) is 26.2. The molecule has 110 valence electrons. The van der Waals surface area contributed by atoms with Gasteiger partial charge in [0.1, 0.15) is 5.69 Å². The first-order valence-electron chi connectivity index (χ1n) is 7.32. The van der Waals surface area contributed by atoms with E-state index in [0.717, 1.165) is 13.0 Å². The zero-order valence-corrected chi connectivity index (χ0v) is 12.5. The van der Waals surface area contributed by atoms with Crippen LogP contribution in [0.3, 0.4) is 0 Å². The Morgan fingerprint density at radius 1 is 1.45 bits per heavy atom. The van der Waals surface area contributed by atoms with Crippen LogP contribution in [0.5, 0.6) is 0 Å². The fourth-order valence-corrected chi connectivity index (χ4v) is 3.25. The van der Waals surface area contributed by atoms with Crippen molar-refractivity contribution < 1.29 is 0 Å². The van der Waals surface area contributed by atoms with Crippen molar-refractivity contribution >= 4 is 17.3 Å². The number of anilines is 1. The average molecular weight is 297 g/mol. The SMILES string of the molecule is CC1CC(CN)CN1c1c(Cl)cnn(CC2CC2)c1=O. The monoisotopic (exact) mass is 296 g/mol. The summed E-state index contributed by atoms with van der Waals surface area (Å²) >= 11 is 6.24. The van der Waals surface area contributed by atoms with Crippen molar-refractivity contribution in [2.75, 3.05) is 18.0 Å². The quantitative estimate of drug-likeness (QED) is 0.914. The minimum atomic E-state index is -0.0612. The lowest BCUT2D eigenvalue weighted by Gasteiger charge is -2.24. The number of nitrogens with two attached hydrogens (primary N) is 1. The molecule has 1 aromatic heterocycles. The maximum atomic E-state index is 12.6. The van der Waals surface area contributed by atoms with Crippen LogP contribution in [0.15, 0.2) is 11.0 Å². The summed E-state index contributed by atoms with van der Waals surface area (Å²) in [6.45, 7) is 4.29. The summed E-state index contributed by atoms with van der Waals surface area (Å²) in [4.78, 5) is 14.7. The predicted octanol–water partition coefficient (Wildman–Crippen LogP) is 1.48. The van der Waals surface area contributed by atoms with Gasteiger partial charge in [-0.05, 0) is 44.6 Å². The van der Waals surface area contributed by atoms with Gasteiger partial charge in [-0.3, -0.25) is 4.79 Å². The maximum Gasteiger partial charge on any atom is 0.291 e. The lowest BCUT2D eigenvalue weighted by molar-refractivity contribution is 0.531. The second-order valence-corrected chi connectivity index (χ2v) is 6.52. The maximum absolute atomic E-state index is 12.6. The van der Waals surface area contributed by atoms with Gasteiger partial charge < -0.3 is 10.6 Å². The van der Waals surface area contributed by atoms with Gasteiger partial charge in [-0.2, -0.15) is 5.10 Å². The van der Waals surface area contributed by atoms with E-state index in [1.165, 1.54) is 12.8 Å². The zero-order valence-electron chi connectivity index (χ0n) is 11.8. The van der Waals surface area contributed by atoms with E-state index in [4.69, 9.17) is 17.3 Å². The molecule has 1 aromatic rings. The zero-order chi connectivity index (χ0) is 14.3. The standard InChI is InChI=1S/C14H21ClN4O/c1-9-4-11(5-16)7-18(9)13-12(15)6-17-19(14(13)20)8-10-2-3-10/h6,9-11H,2-5,7-8,16H2,1H3. The highest BCUT2D eigenvalue weighted by molar-refractivity contribution is 6.33. The molecular weight excluding hydrogens is 276 g/mol. The summed E-state index contributed by atoms with van der Waals surface area (Å²) in [5.41, 5.74) is 6.30. The van der Waals surface area contributed by atoms with Gasteiger partial charge in [-0.1, -0.05) is 11.6 Å². The van der Waals surface area contributed by atoms with Gasteiger partial charge in [0, 0.05) is 19.1 Å². The van der Waals surface area contributed by atoms with Crippen molar-refractivity contribution in [1.29, 1.82) is 0 Å². The van der Waals surface area contributed by atoms with E-state index in [1.807, 2.05) is 0 Å². The summed E-state index contributed by atoms with van der Waals surface area (Å²) < 4.78 is 1.57. The largest absolute Gasteiger partial charge is 0.363 e. The molecule has 3 rings (SSSR count). The fourth-order valence-electron chi connectivity index (χ4n) is 3.02. The van der Waals surface area contributed by atoms with Crippen molar-refractivity contribution in [2.45, 2.75) is 38.8 Å². The fraction of sp³-hybridized carbons (Fsp3) is 0.714. The second-order valence-electron chi connectivity index (χ2n) is 6.11. The molecule has 2 aliphatic rings. The molecule has 2 fully saturated rings. The van der Waals surface area contributed by atoms with E-state index in [0.29, 0.717) is 41.7 Å². The summed E-state index contributed by atoms with van der Waals surface area (Å²) in [5, 5.41) is 4.63. The number of rotatable bonds is 4. The molecule has 0 bridgehead atoms. The highest BCUT2D eigenvalue weighted by Gasteiger charge is 2.32. The van der Waals surface area contributed by atoms with E-state index in [-0.39, 0.29) is 5.56 Å². The average Bonchev–Trinajstić information content (AvgIpc) is 3.16. The molecule has 0 amide bonds. The highest BCUT2D eigenvalue weighted by atomic mass is 35.5. The molecule has 20 heavy (non-hydrogen) atoms. The van der Waals surface area contributed by atoms with Crippen molar-refractivity contribution in [3.05, 3.63) is 21.6 Å². The third-order valence-corrected chi connectivity index (χ3v) is 4.66. The third-order valence-electron chi connectivity index (χ3n) is 4.38. The predicted molar refractivity (Wildman–Crippen MR) is 80.2 cm³/mol. The van der Waals surface area contributed by atoms with Crippen LogP contribution in [-0.4, -0.2) is 28.9 Å². The molecule has 2 unspecified atom stereocenters. The molecule has 1 aliphatic heterocycles. The first kappa shape index (κ1) is 13.9. The summed E-state index contributed by atoms with van der Waals surface area (Å²) in [6.07, 6.45) is 5.00. The first-order valence-corrected chi connectivity index (χ1v) is 7.70. The topological polar surface area (TPSA) is 64.2 Å². The van der Waals surface area contributed by atoms with Gasteiger partial charge in [0.05, 0.1) is 11.2 Å². The van der Waals surface area contributed by atoms with Gasteiger partial charge in [-0.25, -0.2) is 4.68 Å². The molecule has 2 N–H and O–H groups in total. The number of nitrogens with zero attached hydrogens (tertiary/aromatic N) is 3. The second kappa shape index (κ2) is 5.37. The van der Waals surface area contributed by atoms with Crippen LogP contribution >= 0.6 is 11.6 Å². The molecular formula is C14H21ClN4O. The first-order chi connectivity index (χ1) is 9.60. The number of hydrogen-bond acceptors (Lipinski definition) is 4. The van der Waals surface area contributed by atoms with Crippen LogP contribution in [0.2, 0.25) is 5.02 Å². The van der Waals surface area contributed by atoms with Crippen LogP contribution < -0.4 is 16.2 Å². The van der Waals surface area contributed by atoms with Crippen LogP contribution in [0.25, 0.3) is 0 Å². The van der Waals surface area contributed by atoms with Gasteiger partial charge >= 0.3 is 0 Å². The van der Waals surface area contributed by atoms with Crippen LogP contribution in [-0.2, 0) is 6.54 Å². The Morgan fingerprint density at radius 3 is 2.80 bits per heavy atom. The van der Waals surface area contributed by atoms with Crippen molar-refractivity contribution in [3.63, 3.8) is 0 Å². The molecule has 5 nitrogen and oxygen atoms in total. The highest BCUT2D eigenvalue weighted by Crippen LogP contribution is 2.32. The van der Waals surface area contributed by atoms with Gasteiger partial charge in [0.25, 0.3) is 5.56 Å². The number of halogens is 1. The minimum Gasteiger partial charge on any atom is -0.363 e. The molecule has 6 heteroatoms. The Bertz CT molecular complexity index is 555. The summed E-state index contributed by atoms with van der Waals surface area (Å²) in [6, 6.07) is 0.297. The third kappa shape index (κ3) is 2.56. The molecule has 2 heterocycles. The Kier molecular flexibility index (Phi) is 3.73. The van der Waals surface area contributed by atoms with Crippen molar-refractivity contribution in [3.8, 4) is 0 Å². The van der Waals surface area contributed by atoms with E-state index < -0.39 is 0 Å². The van der Waals surface area contributed by atoms with E-state index in [1.54, 1.807) is 10.9 Å². The van der Waals surface area contributed by atoms with Gasteiger partial charge in [0.15, 0.2) is 0 Å². The van der Waals surface area contributed by atoms with Crippen molar-refractivity contribution in [1.82, 2.24) is 9.78 Å². The van der Waals surface area contributed by atoms with Gasteiger partial charge in [-0.15, -0.1) is 0 Å². The van der Waals surface area contributed by atoms with Crippen molar-refractivity contribution in [2.24, 2.45) is 17.6 Å². The van der Waals surface area contributed by atoms with E-state index >= 15 is 0 Å². The molecule has 2 atom stereocenters. The Balaban J connectivity index is 1.93. The Hall–Kier alpha value is -1.07. The van der Waals surface area contributed by atoms with E-state index in [2.05, 4.69) is 16.9 Å². The van der Waals surface area contributed by atoms with E-state index in [9.17, 15) is 4.79 Å². The number of hydrogen-bond donors (Lipinski definition) is 1. The molecule has 1 saturated heterocycles. The molecule has 1 saturated carbocycles. The summed E-state index contributed by atoms with van der Waals surface area (Å²) in [5.74, 6) is 1.05. The smallest absolute Gasteiger partial charge is 0.291 e. The van der Waals surface area contributed by atoms with Gasteiger partial charge in [0.2, 0.25) is 0 Å². The molecule has 1 aliphatic carbocycles. The molecule has 0 radical (unpaired) electrons. The van der Waals surface area contributed by atoms with Crippen LogP contribution in [0.1, 0.15) is 26.2 Å². The molecule has 0 spiro atoms. The lowest BCUT2D eigenvalue weighted by Crippen LogP contribution is -2.36. The Morgan fingerprint density at radius 2 is 2.20 bits per heavy atom. The summed E-state index contributed by atoms with van der Waals surface area (Å²) in [7, 11) is 0. The Labute approximate surface area is 123 Å².